The zero-order valence-corrected chi connectivity index (χ0v) is 15.6. The largest absolute Gasteiger partial charge is 0.485 e. The summed E-state index contributed by atoms with van der Waals surface area (Å²) >= 11 is 3.16. The van der Waals surface area contributed by atoms with Gasteiger partial charge < -0.3 is 14.8 Å². The Hall–Kier alpha value is -3.00. The summed E-state index contributed by atoms with van der Waals surface area (Å²) in [6.07, 6.45) is 4.87. The first kappa shape index (κ1) is 18.8. The van der Waals surface area contributed by atoms with Crippen molar-refractivity contribution < 1.29 is 18.7 Å². The Morgan fingerprint density at radius 3 is 2.67 bits per heavy atom. The number of pyridine rings is 2. The van der Waals surface area contributed by atoms with Crippen LogP contribution >= 0.6 is 15.9 Å². The van der Waals surface area contributed by atoms with E-state index in [0.717, 1.165) is 5.56 Å². The van der Waals surface area contributed by atoms with Crippen molar-refractivity contribution in [3.05, 3.63) is 76.9 Å². The fourth-order valence-corrected chi connectivity index (χ4v) is 2.48. The predicted molar refractivity (Wildman–Crippen MR) is 101 cm³/mol. The van der Waals surface area contributed by atoms with Crippen LogP contribution < -0.4 is 14.8 Å². The van der Waals surface area contributed by atoms with Crippen LogP contribution in [-0.2, 0) is 11.4 Å². The molecule has 0 atom stereocenters. The fraction of sp³-hybridized carbons (Fsp3) is 0.105. The summed E-state index contributed by atoms with van der Waals surface area (Å²) in [6.45, 7) is -0.0589. The minimum Gasteiger partial charge on any atom is -0.485 e. The number of benzene rings is 1. The molecule has 1 amide bonds. The van der Waals surface area contributed by atoms with E-state index in [4.69, 9.17) is 9.47 Å². The molecular formula is C19H15BrFN3O3. The van der Waals surface area contributed by atoms with Crippen molar-refractivity contribution in [1.29, 1.82) is 0 Å². The molecule has 27 heavy (non-hydrogen) atoms. The van der Waals surface area contributed by atoms with Crippen LogP contribution in [-0.4, -0.2) is 22.5 Å². The lowest BCUT2D eigenvalue weighted by Gasteiger charge is -2.12. The second kappa shape index (κ2) is 9.09. The molecule has 0 fully saturated rings. The molecule has 0 spiro atoms. The van der Waals surface area contributed by atoms with Gasteiger partial charge in [0.15, 0.2) is 29.7 Å². The van der Waals surface area contributed by atoms with E-state index in [1.54, 1.807) is 30.6 Å². The Labute approximate surface area is 163 Å². The third-order valence-corrected chi connectivity index (χ3v) is 3.92. The van der Waals surface area contributed by atoms with E-state index < -0.39 is 11.7 Å². The van der Waals surface area contributed by atoms with Crippen molar-refractivity contribution in [1.82, 2.24) is 9.97 Å². The SMILES string of the molecule is O=C(COc1ccc(Br)cc1F)Nc1ncccc1OCc1ccncc1. The van der Waals surface area contributed by atoms with Crippen molar-refractivity contribution in [3.63, 3.8) is 0 Å². The van der Waals surface area contributed by atoms with E-state index in [0.29, 0.717) is 16.8 Å². The predicted octanol–water partition coefficient (Wildman–Crippen LogP) is 3.97. The summed E-state index contributed by atoms with van der Waals surface area (Å²) < 4.78 is 25.2. The van der Waals surface area contributed by atoms with Gasteiger partial charge in [0.1, 0.15) is 6.61 Å². The van der Waals surface area contributed by atoms with Gasteiger partial charge in [-0.2, -0.15) is 0 Å². The van der Waals surface area contributed by atoms with Crippen LogP contribution in [0, 0.1) is 5.82 Å². The minimum absolute atomic E-state index is 0.0106. The molecule has 0 aliphatic heterocycles. The van der Waals surface area contributed by atoms with Crippen LogP contribution in [0.2, 0.25) is 0 Å². The van der Waals surface area contributed by atoms with Crippen molar-refractivity contribution in [2.75, 3.05) is 11.9 Å². The Kier molecular flexibility index (Phi) is 6.32. The number of carbonyl (C=O) groups excluding carboxylic acids is 1. The number of aromatic nitrogens is 2. The van der Waals surface area contributed by atoms with Gasteiger partial charge in [-0.1, -0.05) is 15.9 Å². The van der Waals surface area contributed by atoms with E-state index in [2.05, 4.69) is 31.2 Å². The number of ether oxygens (including phenoxy) is 2. The molecule has 0 unspecified atom stereocenters. The van der Waals surface area contributed by atoms with Gasteiger partial charge in [-0.3, -0.25) is 9.78 Å². The number of carbonyl (C=O) groups is 1. The first-order valence-corrected chi connectivity index (χ1v) is 8.75. The molecule has 138 valence electrons. The van der Waals surface area contributed by atoms with Crippen LogP contribution in [0.1, 0.15) is 5.56 Å². The van der Waals surface area contributed by atoms with Crippen LogP contribution in [0.15, 0.2) is 65.5 Å². The van der Waals surface area contributed by atoms with E-state index in [1.165, 1.54) is 18.3 Å². The average molecular weight is 432 g/mol. The minimum atomic E-state index is -0.559. The second-order valence-electron chi connectivity index (χ2n) is 5.41. The lowest BCUT2D eigenvalue weighted by molar-refractivity contribution is -0.118. The van der Waals surface area contributed by atoms with Gasteiger partial charge in [0.25, 0.3) is 5.91 Å². The first-order valence-electron chi connectivity index (χ1n) is 7.96. The smallest absolute Gasteiger partial charge is 0.263 e. The molecule has 0 saturated heterocycles. The number of hydrogen-bond acceptors (Lipinski definition) is 5. The van der Waals surface area contributed by atoms with Crippen LogP contribution in [0.4, 0.5) is 10.2 Å². The number of halogens is 2. The van der Waals surface area contributed by atoms with Crippen molar-refractivity contribution in [2.24, 2.45) is 0 Å². The Balaban J connectivity index is 1.59. The van der Waals surface area contributed by atoms with Crippen molar-refractivity contribution in [2.45, 2.75) is 6.61 Å². The van der Waals surface area contributed by atoms with Crippen molar-refractivity contribution >= 4 is 27.7 Å². The maximum Gasteiger partial charge on any atom is 0.263 e. The highest BCUT2D eigenvalue weighted by atomic mass is 79.9. The molecule has 3 aromatic rings. The quantitative estimate of drug-likeness (QED) is 0.612. The number of nitrogens with one attached hydrogen (secondary N) is 1. The van der Waals surface area contributed by atoms with Crippen LogP contribution in [0.25, 0.3) is 0 Å². The van der Waals surface area contributed by atoms with Gasteiger partial charge in [-0.25, -0.2) is 9.37 Å². The third kappa shape index (κ3) is 5.49. The molecule has 0 aliphatic carbocycles. The lowest BCUT2D eigenvalue weighted by Crippen LogP contribution is -2.21. The van der Waals surface area contributed by atoms with Gasteiger partial charge in [-0.05, 0) is 48.0 Å². The number of nitrogens with zero attached hydrogens (tertiary/aromatic N) is 2. The van der Waals surface area contributed by atoms with Gasteiger partial charge in [0.2, 0.25) is 0 Å². The third-order valence-electron chi connectivity index (χ3n) is 3.42. The van der Waals surface area contributed by atoms with Gasteiger partial charge in [0, 0.05) is 23.1 Å². The van der Waals surface area contributed by atoms with Gasteiger partial charge in [-0.15, -0.1) is 0 Å². The maximum absolute atomic E-state index is 13.7. The monoisotopic (exact) mass is 431 g/mol. The topological polar surface area (TPSA) is 73.3 Å². The Bertz CT molecular complexity index is 925. The molecule has 1 N–H and O–H groups in total. The zero-order chi connectivity index (χ0) is 19.1. The van der Waals surface area contributed by atoms with Crippen LogP contribution in [0.3, 0.4) is 0 Å². The fourth-order valence-electron chi connectivity index (χ4n) is 2.14. The number of anilines is 1. The van der Waals surface area contributed by atoms with Gasteiger partial charge in [0.05, 0.1) is 0 Å². The van der Waals surface area contributed by atoms with Gasteiger partial charge >= 0.3 is 0 Å². The Morgan fingerprint density at radius 1 is 1.07 bits per heavy atom. The number of rotatable bonds is 7. The zero-order valence-electron chi connectivity index (χ0n) is 14.1. The van der Waals surface area contributed by atoms with E-state index >= 15 is 0 Å². The van der Waals surface area contributed by atoms with E-state index in [1.807, 2.05) is 12.1 Å². The molecule has 2 heterocycles. The van der Waals surface area contributed by atoms with Crippen molar-refractivity contribution in [3.8, 4) is 11.5 Å². The summed E-state index contributed by atoms with van der Waals surface area (Å²) in [6, 6.07) is 11.4. The normalized spacial score (nSPS) is 10.3. The summed E-state index contributed by atoms with van der Waals surface area (Å²) in [5.74, 6) is -0.376. The highest BCUT2D eigenvalue weighted by Gasteiger charge is 2.11. The Morgan fingerprint density at radius 2 is 1.89 bits per heavy atom. The average Bonchev–Trinajstić information content (AvgIpc) is 2.67. The maximum atomic E-state index is 13.7. The first-order chi connectivity index (χ1) is 13.1. The molecule has 6 nitrogen and oxygen atoms in total. The second-order valence-corrected chi connectivity index (χ2v) is 6.32. The molecule has 0 radical (unpaired) electrons. The number of hydrogen-bond donors (Lipinski definition) is 1. The molecule has 2 aromatic heterocycles. The van der Waals surface area contributed by atoms with Crippen LogP contribution in [0.5, 0.6) is 11.5 Å². The standard InChI is InChI=1S/C19H15BrFN3O3/c20-14-3-4-16(15(21)10-14)27-12-18(25)24-19-17(2-1-7-23-19)26-11-13-5-8-22-9-6-13/h1-10H,11-12H2,(H,23,24,25). The summed E-state index contributed by atoms with van der Waals surface area (Å²) in [5.41, 5.74) is 0.931. The summed E-state index contributed by atoms with van der Waals surface area (Å²) in [5, 5.41) is 2.60. The molecule has 0 aliphatic rings. The number of amides is 1. The molecule has 0 bridgehead atoms. The lowest BCUT2D eigenvalue weighted by atomic mass is 10.3. The highest BCUT2D eigenvalue weighted by Crippen LogP contribution is 2.23. The summed E-state index contributed by atoms with van der Waals surface area (Å²) in [4.78, 5) is 20.2. The molecule has 3 rings (SSSR count). The molecule has 0 saturated carbocycles. The summed E-state index contributed by atoms with van der Waals surface area (Å²) in [7, 11) is 0. The highest BCUT2D eigenvalue weighted by molar-refractivity contribution is 9.10. The molecule has 1 aromatic carbocycles. The molecule has 8 heteroatoms. The van der Waals surface area contributed by atoms with E-state index in [9.17, 15) is 9.18 Å². The molecular weight excluding hydrogens is 417 g/mol. The van der Waals surface area contributed by atoms with E-state index in [-0.39, 0.29) is 18.2 Å².